The summed E-state index contributed by atoms with van der Waals surface area (Å²) >= 11 is 6.00. The van der Waals surface area contributed by atoms with Crippen molar-refractivity contribution in [2.45, 2.75) is 31.5 Å². The minimum Gasteiger partial charge on any atom is -0.390 e. The van der Waals surface area contributed by atoms with Crippen LogP contribution in [0.5, 0.6) is 0 Å². The molecule has 0 atom stereocenters. The first-order valence-corrected chi connectivity index (χ1v) is 8.37. The van der Waals surface area contributed by atoms with Crippen molar-refractivity contribution in [1.82, 2.24) is 9.29 Å². The van der Waals surface area contributed by atoms with Gasteiger partial charge in [-0.15, -0.1) is 0 Å². The molecule has 0 saturated carbocycles. The van der Waals surface area contributed by atoms with Gasteiger partial charge < -0.3 is 9.67 Å². The predicted octanol–water partition coefficient (Wildman–Crippen LogP) is 2.13. The molecule has 0 bridgehead atoms. The Morgan fingerprint density at radius 1 is 1.33 bits per heavy atom. The van der Waals surface area contributed by atoms with E-state index in [9.17, 15) is 13.5 Å². The van der Waals surface area contributed by atoms with Crippen LogP contribution in [0.4, 0.5) is 0 Å². The maximum Gasteiger partial charge on any atom is 0.242 e. The molecule has 0 radical (unpaired) electrons. The largest absolute Gasteiger partial charge is 0.390 e. The van der Waals surface area contributed by atoms with Crippen molar-refractivity contribution < 1.29 is 13.5 Å². The zero-order chi connectivity index (χ0) is 15.5. The number of nitrogens with zero attached hydrogens (tertiary/aromatic N) is 1. The van der Waals surface area contributed by atoms with Gasteiger partial charge in [-0.1, -0.05) is 29.8 Å². The topological polar surface area (TPSA) is 71.3 Å². The molecule has 0 unspecified atom stereocenters. The fraction of sp³-hybridized carbons (Fsp3) is 0.286. The van der Waals surface area contributed by atoms with E-state index < -0.39 is 10.0 Å². The second kappa shape index (κ2) is 6.62. The fourth-order valence-electron chi connectivity index (χ4n) is 2.00. The summed E-state index contributed by atoms with van der Waals surface area (Å²) in [6, 6.07) is 8.53. The molecule has 114 valence electrons. The van der Waals surface area contributed by atoms with Crippen molar-refractivity contribution in [3.8, 4) is 0 Å². The Morgan fingerprint density at radius 3 is 2.62 bits per heavy atom. The number of aryl methyl sites for hydroxylation is 1. The van der Waals surface area contributed by atoms with Gasteiger partial charge in [0.2, 0.25) is 10.0 Å². The van der Waals surface area contributed by atoms with Gasteiger partial charge in [-0.25, -0.2) is 13.1 Å². The molecule has 0 aliphatic heterocycles. The van der Waals surface area contributed by atoms with E-state index in [1.54, 1.807) is 28.8 Å². The van der Waals surface area contributed by atoms with Gasteiger partial charge in [-0.05, 0) is 24.6 Å². The summed E-state index contributed by atoms with van der Waals surface area (Å²) in [6.07, 6.45) is 1.51. The van der Waals surface area contributed by atoms with Crippen LogP contribution in [-0.4, -0.2) is 18.1 Å². The summed E-state index contributed by atoms with van der Waals surface area (Å²) in [6.45, 7) is 2.39. The molecule has 1 heterocycles. The van der Waals surface area contributed by atoms with Crippen molar-refractivity contribution in [2.75, 3.05) is 0 Å². The number of aromatic nitrogens is 1. The Morgan fingerprint density at radius 2 is 2.05 bits per heavy atom. The monoisotopic (exact) mass is 328 g/mol. The van der Waals surface area contributed by atoms with E-state index in [0.717, 1.165) is 0 Å². The summed E-state index contributed by atoms with van der Waals surface area (Å²) < 4.78 is 28.7. The van der Waals surface area contributed by atoms with E-state index in [0.29, 0.717) is 22.8 Å². The van der Waals surface area contributed by atoms with E-state index in [1.807, 2.05) is 6.92 Å². The summed E-state index contributed by atoms with van der Waals surface area (Å²) in [5, 5.41) is 9.74. The number of nitrogens with one attached hydrogen (secondary N) is 1. The van der Waals surface area contributed by atoms with E-state index in [1.165, 1.54) is 12.3 Å². The number of sulfonamides is 1. The molecule has 0 aliphatic rings. The lowest BCUT2D eigenvalue weighted by atomic mass is 10.2. The molecule has 1 aromatic carbocycles. The van der Waals surface area contributed by atoms with Gasteiger partial charge in [-0.3, -0.25) is 0 Å². The fourth-order valence-corrected chi connectivity index (χ4v) is 3.27. The third-order valence-electron chi connectivity index (χ3n) is 3.18. The van der Waals surface area contributed by atoms with E-state index in [4.69, 9.17) is 11.6 Å². The van der Waals surface area contributed by atoms with Crippen LogP contribution in [-0.2, 0) is 29.7 Å². The Balaban J connectivity index is 2.19. The number of halogens is 1. The number of benzene rings is 1. The van der Waals surface area contributed by atoms with Gasteiger partial charge in [0, 0.05) is 30.0 Å². The van der Waals surface area contributed by atoms with Crippen molar-refractivity contribution >= 4 is 21.6 Å². The van der Waals surface area contributed by atoms with Gasteiger partial charge >= 0.3 is 0 Å². The third-order valence-corrected chi connectivity index (χ3v) is 4.92. The average molecular weight is 329 g/mol. The first kappa shape index (κ1) is 16.0. The smallest absolute Gasteiger partial charge is 0.242 e. The second-order valence-electron chi connectivity index (χ2n) is 4.53. The molecular weight excluding hydrogens is 312 g/mol. The quantitative estimate of drug-likeness (QED) is 0.853. The Hall–Kier alpha value is -1.34. The first-order valence-electron chi connectivity index (χ1n) is 6.51. The van der Waals surface area contributed by atoms with E-state index in [2.05, 4.69) is 4.72 Å². The van der Waals surface area contributed by atoms with Gasteiger partial charge in [0.05, 0.1) is 11.5 Å². The van der Waals surface area contributed by atoms with Crippen LogP contribution < -0.4 is 4.72 Å². The summed E-state index contributed by atoms with van der Waals surface area (Å²) in [5.41, 5.74) is 1.27. The second-order valence-corrected chi connectivity index (χ2v) is 6.70. The normalized spacial score (nSPS) is 11.8. The van der Waals surface area contributed by atoms with E-state index in [-0.39, 0.29) is 18.0 Å². The molecule has 7 heteroatoms. The number of rotatable bonds is 6. The van der Waals surface area contributed by atoms with Gasteiger partial charge in [0.1, 0.15) is 0 Å². The summed E-state index contributed by atoms with van der Waals surface area (Å²) in [5.74, 6) is 0. The minimum atomic E-state index is -3.64. The molecule has 5 nitrogen and oxygen atoms in total. The number of aliphatic hydroxyl groups excluding tert-OH is 1. The Kier molecular flexibility index (Phi) is 5.05. The number of hydrogen-bond acceptors (Lipinski definition) is 3. The maximum atomic E-state index is 12.3. The first-order chi connectivity index (χ1) is 9.97. The van der Waals surface area contributed by atoms with Crippen molar-refractivity contribution in [3.05, 3.63) is 52.8 Å². The predicted molar refractivity (Wildman–Crippen MR) is 81.5 cm³/mol. The minimum absolute atomic E-state index is 0.119. The maximum absolute atomic E-state index is 12.3. The lowest BCUT2D eigenvalue weighted by molar-refractivity contribution is 0.271. The van der Waals surface area contributed by atoms with Gasteiger partial charge in [0.15, 0.2) is 0 Å². The molecule has 1 aromatic heterocycles. The Bertz CT molecular complexity index is 704. The number of hydrogen-bond donors (Lipinski definition) is 2. The molecular formula is C14H17ClN2O3S. The van der Waals surface area contributed by atoms with Crippen LogP contribution in [0, 0.1) is 0 Å². The molecule has 2 N–H and O–H groups in total. The highest BCUT2D eigenvalue weighted by Crippen LogP contribution is 2.18. The molecule has 0 amide bonds. The molecule has 2 aromatic rings. The highest BCUT2D eigenvalue weighted by Gasteiger charge is 2.18. The lowest BCUT2D eigenvalue weighted by Crippen LogP contribution is -2.23. The zero-order valence-electron chi connectivity index (χ0n) is 11.6. The molecule has 2 rings (SSSR count). The van der Waals surface area contributed by atoms with Crippen molar-refractivity contribution in [3.63, 3.8) is 0 Å². The number of aliphatic hydroxyl groups is 1. The van der Waals surface area contributed by atoms with Crippen molar-refractivity contribution in [2.24, 2.45) is 0 Å². The van der Waals surface area contributed by atoms with Gasteiger partial charge in [0.25, 0.3) is 0 Å². The van der Waals surface area contributed by atoms with Crippen LogP contribution >= 0.6 is 11.6 Å². The molecule has 0 saturated heterocycles. The van der Waals surface area contributed by atoms with Crippen LogP contribution in [0.15, 0.2) is 41.4 Å². The lowest BCUT2D eigenvalue weighted by Gasteiger charge is -2.06. The zero-order valence-corrected chi connectivity index (χ0v) is 13.2. The third kappa shape index (κ3) is 3.65. The average Bonchev–Trinajstić information content (AvgIpc) is 2.90. The van der Waals surface area contributed by atoms with Crippen LogP contribution in [0.3, 0.4) is 0 Å². The molecule has 0 spiro atoms. The highest BCUT2D eigenvalue weighted by molar-refractivity contribution is 7.89. The van der Waals surface area contributed by atoms with Crippen LogP contribution in [0.25, 0.3) is 0 Å². The van der Waals surface area contributed by atoms with Crippen molar-refractivity contribution in [1.29, 1.82) is 0 Å². The molecule has 21 heavy (non-hydrogen) atoms. The summed E-state index contributed by atoms with van der Waals surface area (Å²) in [4.78, 5) is 0.139. The SMILES string of the molecule is CCn1cc(S(=O)(=O)NCc2ccccc2Cl)cc1CO. The molecule has 0 aliphatic carbocycles. The highest BCUT2D eigenvalue weighted by atomic mass is 35.5. The summed E-state index contributed by atoms with van der Waals surface area (Å²) in [7, 11) is -3.64. The standard InChI is InChI=1S/C14H17ClN2O3S/c1-2-17-9-13(7-12(17)10-18)21(19,20)16-8-11-5-3-4-6-14(11)15/h3-7,9,16,18H,2,8,10H2,1H3. The van der Waals surface area contributed by atoms with Gasteiger partial charge in [-0.2, -0.15) is 0 Å². The molecule has 0 fully saturated rings. The van der Waals surface area contributed by atoms with E-state index >= 15 is 0 Å². The van der Waals surface area contributed by atoms with Crippen LogP contribution in [0.2, 0.25) is 5.02 Å². The Labute approximate surface area is 129 Å². The van der Waals surface area contributed by atoms with Crippen LogP contribution in [0.1, 0.15) is 18.2 Å².